The third kappa shape index (κ3) is 3.67. The molecular weight excluding hydrogens is 318 g/mol. The minimum absolute atomic E-state index is 0.0200. The van der Waals surface area contributed by atoms with Gasteiger partial charge >= 0.3 is 0 Å². The number of aliphatic hydroxyl groups is 1. The Morgan fingerprint density at radius 1 is 1.20 bits per heavy atom. The first-order valence-electron chi connectivity index (χ1n) is 8.23. The van der Waals surface area contributed by atoms with Crippen LogP contribution in [0, 0.1) is 0 Å². The maximum Gasteiger partial charge on any atom is 0.255 e. The Morgan fingerprint density at radius 2 is 1.92 bits per heavy atom. The fourth-order valence-corrected chi connectivity index (χ4v) is 2.62. The fourth-order valence-electron chi connectivity index (χ4n) is 2.62. The summed E-state index contributed by atoms with van der Waals surface area (Å²) in [5, 5.41) is 14.4. The van der Waals surface area contributed by atoms with Crippen molar-refractivity contribution in [1.29, 1.82) is 0 Å². The number of hydrogen-bond donors (Lipinski definition) is 2. The molecule has 0 saturated heterocycles. The van der Waals surface area contributed by atoms with E-state index in [1.807, 2.05) is 37.3 Å². The maximum atomic E-state index is 12.5. The maximum absolute atomic E-state index is 12.5. The van der Waals surface area contributed by atoms with E-state index in [9.17, 15) is 9.90 Å². The highest BCUT2D eigenvalue weighted by Crippen LogP contribution is 2.27. The van der Waals surface area contributed by atoms with Crippen molar-refractivity contribution in [2.24, 2.45) is 0 Å². The van der Waals surface area contributed by atoms with Crippen molar-refractivity contribution in [3.05, 3.63) is 65.9 Å². The molecule has 2 N–H and O–H groups in total. The molecule has 3 aromatic rings. The van der Waals surface area contributed by atoms with Gasteiger partial charge in [-0.15, -0.1) is 0 Å². The largest absolute Gasteiger partial charge is 0.493 e. The number of rotatable bonds is 6. The lowest BCUT2D eigenvalue weighted by molar-refractivity contribution is 0.0344. The Kier molecular flexibility index (Phi) is 4.76. The van der Waals surface area contributed by atoms with Crippen molar-refractivity contribution in [3.8, 4) is 5.75 Å². The van der Waals surface area contributed by atoms with Crippen LogP contribution in [0.3, 0.4) is 0 Å². The Morgan fingerprint density at radius 3 is 2.68 bits per heavy atom. The zero-order chi connectivity index (χ0) is 17.9. The molecule has 1 atom stereocenters. The predicted octanol–water partition coefficient (Wildman–Crippen LogP) is 3.47. The van der Waals surface area contributed by atoms with Gasteiger partial charge in [-0.05, 0) is 38.1 Å². The van der Waals surface area contributed by atoms with Crippen LogP contribution in [0.4, 0.5) is 0 Å². The van der Waals surface area contributed by atoms with E-state index in [2.05, 4.69) is 5.32 Å². The standard InChI is InChI=1S/C20H21NO4/c1-3-24-17-11-7-5-9-15(17)19(22)21-13-20(2,23)18-12-14-8-4-6-10-16(14)25-18/h4-12,23H,3,13H2,1-2H3,(H,21,22)/t20-/m0/s1. The van der Waals surface area contributed by atoms with E-state index in [1.165, 1.54) is 0 Å². The minimum atomic E-state index is -1.32. The van der Waals surface area contributed by atoms with Gasteiger partial charge in [0.15, 0.2) is 0 Å². The number of amides is 1. The smallest absolute Gasteiger partial charge is 0.255 e. The van der Waals surface area contributed by atoms with Crippen LogP contribution < -0.4 is 10.1 Å². The van der Waals surface area contributed by atoms with Crippen molar-refractivity contribution < 1.29 is 19.1 Å². The molecule has 0 saturated carbocycles. The van der Waals surface area contributed by atoms with Gasteiger partial charge in [0, 0.05) is 5.39 Å². The van der Waals surface area contributed by atoms with Gasteiger partial charge in [0.25, 0.3) is 5.91 Å². The monoisotopic (exact) mass is 339 g/mol. The lowest BCUT2D eigenvalue weighted by Crippen LogP contribution is -2.38. The molecule has 0 radical (unpaired) electrons. The Balaban J connectivity index is 1.74. The normalized spacial score (nSPS) is 13.4. The predicted molar refractivity (Wildman–Crippen MR) is 95.7 cm³/mol. The summed E-state index contributed by atoms with van der Waals surface area (Å²) in [6.07, 6.45) is 0. The van der Waals surface area contributed by atoms with E-state index in [-0.39, 0.29) is 12.5 Å². The lowest BCUT2D eigenvalue weighted by atomic mass is 10.0. The summed E-state index contributed by atoms with van der Waals surface area (Å²) in [5.74, 6) is 0.624. The van der Waals surface area contributed by atoms with Gasteiger partial charge in [0.05, 0.1) is 18.7 Å². The third-order valence-electron chi connectivity index (χ3n) is 3.98. The molecule has 0 aliphatic carbocycles. The van der Waals surface area contributed by atoms with Gasteiger partial charge in [-0.2, -0.15) is 0 Å². The molecule has 25 heavy (non-hydrogen) atoms. The van der Waals surface area contributed by atoms with E-state index >= 15 is 0 Å². The molecule has 3 rings (SSSR count). The first-order valence-corrected chi connectivity index (χ1v) is 8.23. The second-order valence-corrected chi connectivity index (χ2v) is 6.03. The van der Waals surface area contributed by atoms with E-state index in [1.54, 1.807) is 31.2 Å². The van der Waals surface area contributed by atoms with Crippen molar-refractivity contribution >= 4 is 16.9 Å². The van der Waals surface area contributed by atoms with E-state index in [0.29, 0.717) is 29.3 Å². The van der Waals surface area contributed by atoms with Gasteiger partial charge in [0.1, 0.15) is 22.7 Å². The molecule has 1 amide bonds. The van der Waals surface area contributed by atoms with Crippen LogP contribution in [0.25, 0.3) is 11.0 Å². The average Bonchev–Trinajstić information content (AvgIpc) is 3.06. The van der Waals surface area contributed by atoms with Crippen molar-refractivity contribution in [3.63, 3.8) is 0 Å². The molecule has 0 unspecified atom stereocenters. The first-order chi connectivity index (χ1) is 12.0. The fraction of sp³-hybridized carbons (Fsp3) is 0.250. The number of ether oxygens (including phenoxy) is 1. The summed E-state index contributed by atoms with van der Waals surface area (Å²) < 4.78 is 11.2. The molecule has 0 fully saturated rings. The molecular formula is C20H21NO4. The lowest BCUT2D eigenvalue weighted by Gasteiger charge is -2.21. The number of hydrogen-bond acceptors (Lipinski definition) is 4. The quantitative estimate of drug-likeness (QED) is 0.721. The molecule has 0 aliphatic rings. The number of carbonyl (C=O) groups is 1. The van der Waals surface area contributed by atoms with Crippen molar-refractivity contribution in [2.45, 2.75) is 19.4 Å². The van der Waals surface area contributed by atoms with Crippen LogP contribution in [0.1, 0.15) is 30.0 Å². The first kappa shape index (κ1) is 17.0. The van der Waals surface area contributed by atoms with Gasteiger partial charge in [0.2, 0.25) is 0 Å². The highest BCUT2D eigenvalue weighted by Gasteiger charge is 2.28. The minimum Gasteiger partial charge on any atom is -0.493 e. The summed E-state index contributed by atoms with van der Waals surface area (Å²) in [4.78, 5) is 12.5. The van der Waals surface area contributed by atoms with Crippen molar-refractivity contribution in [2.75, 3.05) is 13.2 Å². The number of para-hydroxylation sites is 2. The average molecular weight is 339 g/mol. The molecule has 1 aromatic heterocycles. The molecule has 5 heteroatoms. The van der Waals surface area contributed by atoms with Gasteiger partial charge in [-0.3, -0.25) is 4.79 Å². The molecule has 1 heterocycles. The number of benzene rings is 2. The Hall–Kier alpha value is -2.79. The number of carbonyl (C=O) groups excluding carboxylic acids is 1. The van der Waals surface area contributed by atoms with Crippen LogP contribution in [0.15, 0.2) is 59.0 Å². The van der Waals surface area contributed by atoms with Crippen LogP contribution in [0.2, 0.25) is 0 Å². The van der Waals surface area contributed by atoms with Crippen LogP contribution >= 0.6 is 0 Å². The third-order valence-corrected chi connectivity index (χ3v) is 3.98. The van der Waals surface area contributed by atoms with E-state index in [4.69, 9.17) is 9.15 Å². The zero-order valence-electron chi connectivity index (χ0n) is 14.3. The number of nitrogens with one attached hydrogen (secondary N) is 1. The molecule has 5 nitrogen and oxygen atoms in total. The van der Waals surface area contributed by atoms with Gasteiger partial charge < -0.3 is 19.6 Å². The summed E-state index contributed by atoms with van der Waals surface area (Å²) in [7, 11) is 0. The number of fused-ring (bicyclic) bond motifs is 1. The second-order valence-electron chi connectivity index (χ2n) is 6.03. The molecule has 0 bridgehead atoms. The Bertz CT molecular complexity index is 849. The summed E-state index contributed by atoms with van der Waals surface area (Å²) in [6.45, 7) is 3.97. The van der Waals surface area contributed by atoms with E-state index < -0.39 is 5.60 Å². The van der Waals surface area contributed by atoms with Crippen molar-refractivity contribution in [1.82, 2.24) is 5.32 Å². The van der Waals surface area contributed by atoms with Gasteiger partial charge in [-0.1, -0.05) is 30.3 Å². The highest BCUT2D eigenvalue weighted by atomic mass is 16.5. The molecule has 0 spiro atoms. The molecule has 130 valence electrons. The summed E-state index contributed by atoms with van der Waals surface area (Å²) >= 11 is 0. The van der Waals surface area contributed by atoms with Crippen LogP contribution in [-0.2, 0) is 5.60 Å². The highest BCUT2D eigenvalue weighted by molar-refractivity contribution is 5.97. The second kappa shape index (κ2) is 6.99. The van der Waals surface area contributed by atoms with Gasteiger partial charge in [-0.25, -0.2) is 0 Å². The van der Waals surface area contributed by atoms with Crippen LogP contribution in [0.5, 0.6) is 5.75 Å². The van der Waals surface area contributed by atoms with Crippen LogP contribution in [-0.4, -0.2) is 24.2 Å². The summed E-state index contributed by atoms with van der Waals surface area (Å²) in [5.41, 5.74) is -0.189. The van der Waals surface area contributed by atoms with E-state index in [0.717, 1.165) is 5.39 Å². The SMILES string of the molecule is CCOc1ccccc1C(=O)NC[C@](C)(O)c1cc2ccccc2o1. The number of furan rings is 1. The molecule has 2 aromatic carbocycles. The zero-order valence-corrected chi connectivity index (χ0v) is 14.3. The Labute approximate surface area is 146 Å². The summed E-state index contributed by atoms with van der Waals surface area (Å²) in [6, 6.07) is 16.3. The molecule has 0 aliphatic heterocycles. The topological polar surface area (TPSA) is 71.7 Å².